The number of benzene rings is 5. The van der Waals surface area contributed by atoms with Crippen molar-refractivity contribution in [3.05, 3.63) is 162 Å². The summed E-state index contributed by atoms with van der Waals surface area (Å²) in [5.74, 6) is 2.55. The molecule has 5 heterocycles. The molecule has 0 aromatic heterocycles. The summed E-state index contributed by atoms with van der Waals surface area (Å²) in [6, 6.07) is 30.0. The molecule has 34 heteroatoms. The second-order valence-electron chi connectivity index (χ2n) is 26.6. The molecular formula is C69H92F6N10O18. The number of nitrogens with one attached hydrogen (secondary N) is 1. The highest BCUT2D eigenvalue weighted by atomic mass is 19.4. The number of aromatic hydroxyl groups is 1. The summed E-state index contributed by atoms with van der Waals surface area (Å²) in [5.41, 5.74) is 5.39. The van der Waals surface area contributed by atoms with E-state index in [0.717, 1.165) is 25.9 Å². The van der Waals surface area contributed by atoms with E-state index in [2.05, 4.69) is 5.32 Å². The minimum atomic E-state index is -4.17. The fourth-order valence-electron chi connectivity index (χ4n) is 10.5. The predicted molar refractivity (Wildman–Crippen MR) is 368 cm³/mol. The van der Waals surface area contributed by atoms with Crippen LogP contribution in [0.2, 0.25) is 0 Å². The number of phenols is 1. The molecule has 2 amide bonds. The number of phenolic OH excluding ortho intramolecular Hbond substituents is 1. The largest absolute Gasteiger partial charge is 0.508 e. The lowest BCUT2D eigenvalue weighted by Crippen LogP contribution is -2.44. The van der Waals surface area contributed by atoms with Crippen LogP contribution in [0.3, 0.4) is 0 Å². The van der Waals surface area contributed by atoms with Gasteiger partial charge >= 0.3 is 24.5 Å². The highest BCUT2D eigenvalue weighted by Gasteiger charge is 2.35. The number of non-ortho nitro benzene ring substituents is 4. The zero-order valence-electron chi connectivity index (χ0n) is 58.3. The first kappa shape index (κ1) is 84.1. The highest BCUT2D eigenvalue weighted by molar-refractivity contribution is 5.68. The van der Waals surface area contributed by atoms with Crippen LogP contribution >= 0.6 is 0 Å². The molecule has 28 nitrogen and oxygen atoms in total. The molecule has 10 rings (SSSR count). The number of anilines is 1. The number of amides is 2. The van der Waals surface area contributed by atoms with Crippen LogP contribution < -0.4 is 30.0 Å². The van der Waals surface area contributed by atoms with Gasteiger partial charge in [-0.05, 0) is 179 Å². The molecule has 0 atom stereocenters. The number of carbonyl (C=O) groups excluding carboxylic acids is 2. The molecular weight excluding hydrogens is 1370 g/mol. The third-order valence-electron chi connectivity index (χ3n) is 15.7. The predicted octanol–water partition coefficient (Wildman–Crippen LogP) is 13.5. The SMILES string of the molecule is CC(C)(C)OC(=O)N1CCC(O)CC1.CC(C)(C)OC(=O)N1CCC(Oc2ccc([N+](=O)[O-])cc2)CC1.Nc1ccc(OC2CCN(CC(F)(F)F)CC2)cc1.O=[N+]([O-])c1ccc(O)cc1.O=[N+]([O-])c1ccc(OC2CCN(CC(F)(F)F)CC2)cc1.O=[N+]([O-])c1ccc(OC2CCNCC2)cc1. The first-order valence-electron chi connectivity index (χ1n) is 33.5. The number of alkyl halides is 6. The van der Waals surface area contributed by atoms with Gasteiger partial charge in [-0.15, -0.1) is 0 Å². The van der Waals surface area contributed by atoms with Crippen molar-refractivity contribution < 1.29 is 94.3 Å². The number of nitrogens with zero attached hydrogens (tertiary/aromatic N) is 8. The van der Waals surface area contributed by atoms with E-state index in [1.54, 1.807) is 58.3 Å². The van der Waals surface area contributed by atoms with Crippen LogP contribution in [0.1, 0.15) is 106 Å². The van der Waals surface area contributed by atoms with E-state index in [-0.39, 0.29) is 71.2 Å². The number of piperidine rings is 5. The maximum atomic E-state index is 12.3. The lowest BCUT2D eigenvalue weighted by Gasteiger charge is -2.33. The molecule has 5 N–H and O–H groups in total. The Kier molecular flexibility index (Phi) is 32.9. The van der Waals surface area contributed by atoms with Crippen molar-refractivity contribution in [2.75, 3.05) is 84.3 Å². The van der Waals surface area contributed by atoms with Crippen molar-refractivity contribution in [1.82, 2.24) is 24.9 Å². The standard InChI is InChI=1S/C16H22N2O5.C13H15F3N2O3.C13H17F3N2O.C11H14N2O3.C10H19NO3.C6H5NO3/c1-16(2,3)23-15(19)17-10-8-14(9-11-17)22-13-6-4-12(5-7-13)18(20)21;14-13(15,16)9-17-7-5-12(6-8-17)21-11-3-1-10(2-4-11)18(19)20;14-13(15,16)9-18-7-5-12(6-8-18)19-11-3-1-10(17)2-4-11;14-13(15)9-1-3-10(4-2-9)16-11-5-7-12-8-6-11;1-10(2,3)14-9(13)11-6-4-8(12)5-7-11;8-6-3-1-5(2-4-6)7(9)10/h4-7,14H,8-11H2,1-3H3;1-4,12H,5-9H2;1-4,12H,5-9,17H2;1-4,11-12H,5-8H2;8,12H,4-7H2,1-3H3;1-4,8H. The van der Waals surface area contributed by atoms with Crippen molar-refractivity contribution in [3.63, 3.8) is 0 Å². The summed E-state index contributed by atoms with van der Waals surface area (Å²) in [7, 11) is 0. The molecule has 5 aliphatic heterocycles. The molecule has 0 radical (unpaired) electrons. The molecule has 5 fully saturated rings. The van der Waals surface area contributed by atoms with Crippen molar-refractivity contribution in [2.45, 2.75) is 160 Å². The van der Waals surface area contributed by atoms with Crippen LogP contribution in [0, 0.1) is 40.5 Å². The number of aliphatic hydroxyl groups is 1. The van der Waals surface area contributed by atoms with E-state index < -0.39 is 56.3 Å². The Bertz CT molecular complexity index is 3390. The molecule has 5 aliphatic rings. The number of rotatable bonds is 14. The molecule has 5 saturated heterocycles. The minimum absolute atomic E-state index is 0.00450. The van der Waals surface area contributed by atoms with Crippen molar-refractivity contribution >= 4 is 40.6 Å². The van der Waals surface area contributed by atoms with Gasteiger partial charge in [-0.25, -0.2) is 9.59 Å². The van der Waals surface area contributed by atoms with Gasteiger partial charge in [-0.1, -0.05) is 0 Å². The zero-order valence-corrected chi connectivity index (χ0v) is 58.3. The van der Waals surface area contributed by atoms with Gasteiger partial charge < -0.3 is 59.5 Å². The maximum absolute atomic E-state index is 12.3. The monoisotopic (exact) mass is 1460 g/mol. The van der Waals surface area contributed by atoms with Crippen LogP contribution in [-0.2, 0) is 9.47 Å². The summed E-state index contributed by atoms with van der Waals surface area (Å²) in [4.78, 5) is 69.4. The molecule has 0 spiro atoms. The fraction of sp³-hybridized carbons (Fsp3) is 0.536. The second kappa shape index (κ2) is 40.3. The van der Waals surface area contributed by atoms with Gasteiger partial charge in [0.15, 0.2) is 0 Å². The molecule has 568 valence electrons. The van der Waals surface area contributed by atoms with Crippen LogP contribution in [0.4, 0.5) is 64.4 Å². The number of carbonyl (C=O) groups is 2. The number of likely N-dealkylation sites (tertiary alicyclic amines) is 4. The Morgan fingerprint density at radius 2 is 0.689 bits per heavy atom. The Hall–Kier alpha value is -9.54. The van der Waals surface area contributed by atoms with Crippen molar-refractivity contribution in [2.24, 2.45) is 0 Å². The Labute approximate surface area is 592 Å². The van der Waals surface area contributed by atoms with Gasteiger partial charge in [0.2, 0.25) is 0 Å². The molecule has 5 aromatic carbocycles. The number of aliphatic hydroxyl groups excluding tert-OH is 1. The number of nitrogen functional groups attached to an aromatic ring is 1. The van der Waals surface area contributed by atoms with Gasteiger partial charge in [-0.2, -0.15) is 26.3 Å². The van der Waals surface area contributed by atoms with Gasteiger partial charge in [0.25, 0.3) is 22.7 Å². The Morgan fingerprint density at radius 3 is 0.961 bits per heavy atom. The summed E-state index contributed by atoms with van der Waals surface area (Å²) in [5, 5.41) is 62.9. The van der Waals surface area contributed by atoms with E-state index in [9.17, 15) is 81.5 Å². The number of nitro benzene ring substituents is 4. The van der Waals surface area contributed by atoms with Crippen LogP contribution in [-0.4, -0.2) is 194 Å². The van der Waals surface area contributed by atoms with Crippen LogP contribution in [0.5, 0.6) is 28.7 Å². The van der Waals surface area contributed by atoms with Gasteiger partial charge in [-0.3, -0.25) is 50.3 Å². The smallest absolute Gasteiger partial charge is 0.410 e. The lowest BCUT2D eigenvalue weighted by molar-refractivity contribution is -0.385. The number of hydrogen-bond acceptors (Lipinski definition) is 22. The van der Waals surface area contributed by atoms with Crippen molar-refractivity contribution in [1.29, 1.82) is 0 Å². The molecule has 0 unspecified atom stereocenters. The van der Waals surface area contributed by atoms with E-state index in [4.69, 9.17) is 39.3 Å². The normalized spacial score (nSPS) is 16.8. The topological polar surface area (TPSA) is 354 Å². The van der Waals surface area contributed by atoms with E-state index >= 15 is 0 Å². The molecule has 103 heavy (non-hydrogen) atoms. The first-order chi connectivity index (χ1) is 48.3. The van der Waals surface area contributed by atoms with Gasteiger partial charge in [0, 0.05) is 119 Å². The van der Waals surface area contributed by atoms with E-state index in [1.165, 1.54) is 82.6 Å². The average Bonchev–Trinajstić information content (AvgIpc) is 0.886. The zero-order chi connectivity index (χ0) is 76.1. The molecule has 0 saturated carbocycles. The Morgan fingerprint density at radius 1 is 0.437 bits per heavy atom. The quantitative estimate of drug-likeness (QED) is 0.0347. The molecule has 5 aromatic rings. The Balaban J connectivity index is 0.000000226. The van der Waals surface area contributed by atoms with Crippen LogP contribution in [0.15, 0.2) is 121 Å². The molecule has 0 bridgehead atoms. The van der Waals surface area contributed by atoms with E-state index in [1.807, 2.05) is 41.5 Å². The first-order valence-corrected chi connectivity index (χ1v) is 33.5. The number of halogens is 6. The number of nitro groups is 4. The number of nitrogens with two attached hydrogens (primary N) is 1. The summed E-state index contributed by atoms with van der Waals surface area (Å²) < 4.78 is 107. The summed E-state index contributed by atoms with van der Waals surface area (Å²) in [6.45, 7) is 15.1. The third-order valence-corrected chi connectivity index (χ3v) is 15.7. The van der Waals surface area contributed by atoms with Crippen LogP contribution in [0.25, 0.3) is 0 Å². The summed E-state index contributed by atoms with van der Waals surface area (Å²) in [6.07, 6.45) is -2.16. The van der Waals surface area contributed by atoms with Crippen molar-refractivity contribution in [3.8, 4) is 28.7 Å². The third kappa shape index (κ3) is 34.3. The minimum Gasteiger partial charge on any atom is -0.508 e. The average molecular weight is 1460 g/mol. The van der Waals surface area contributed by atoms with Gasteiger partial charge in [0.05, 0.1) is 38.9 Å². The summed E-state index contributed by atoms with van der Waals surface area (Å²) >= 11 is 0. The second-order valence-corrected chi connectivity index (χ2v) is 26.6. The lowest BCUT2D eigenvalue weighted by atomic mass is 10.1. The van der Waals surface area contributed by atoms with Gasteiger partial charge in [0.1, 0.15) is 64.4 Å². The number of hydrogen-bond donors (Lipinski definition) is 4. The highest BCUT2D eigenvalue weighted by Crippen LogP contribution is 2.29. The maximum Gasteiger partial charge on any atom is 0.410 e. The number of ether oxygens (including phenoxy) is 6. The van der Waals surface area contributed by atoms with E-state index in [0.29, 0.717) is 132 Å². The molecule has 0 aliphatic carbocycles. The fourth-order valence-corrected chi connectivity index (χ4v) is 10.5.